The van der Waals surface area contributed by atoms with E-state index < -0.39 is 10.0 Å². The lowest BCUT2D eigenvalue weighted by Crippen LogP contribution is -2.14. The first-order valence-electron chi connectivity index (χ1n) is 5.98. The third-order valence-corrected chi connectivity index (χ3v) is 3.65. The number of hydrogen-bond donors (Lipinski definition) is 3. The minimum atomic E-state index is -3.74. The van der Waals surface area contributed by atoms with Crippen LogP contribution in [0.15, 0.2) is 47.5 Å². The highest BCUT2D eigenvalue weighted by molar-refractivity contribution is 7.89. The first kappa shape index (κ1) is 14.9. The molecule has 0 aliphatic carbocycles. The maximum atomic E-state index is 12.0. The van der Waals surface area contributed by atoms with Crippen LogP contribution < -0.4 is 15.8 Å². The van der Waals surface area contributed by atoms with Gasteiger partial charge < -0.3 is 10.6 Å². The molecule has 4 N–H and O–H groups in total. The van der Waals surface area contributed by atoms with Gasteiger partial charge in [0.05, 0.1) is 10.5 Å². The summed E-state index contributed by atoms with van der Waals surface area (Å²) in [6, 6.07) is 8.90. The highest BCUT2D eigenvalue weighted by atomic mass is 32.2. The van der Waals surface area contributed by atoms with Gasteiger partial charge in [-0.05, 0) is 36.4 Å². The van der Waals surface area contributed by atoms with Crippen molar-refractivity contribution in [1.29, 1.82) is 0 Å². The number of nitrogens with zero attached hydrogens (tertiary/aromatic N) is 1. The lowest BCUT2D eigenvalue weighted by atomic mass is 10.2. The number of nitrogens with two attached hydrogens (primary N) is 1. The van der Waals surface area contributed by atoms with Gasteiger partial charge in [-0.2, -0.15) is 0 Å². The molecule has 21 heavy (non-hydrogen) atoms. The van der Waals surface area contributed by atoms with Crippen LogP contribution in [0, 0.1) is 0 Å². The number of carbonyl (C=O) groups is 1. The summed E-state index contributed by atoms with van der Waals surface area (Å²) in [4.78, 5) is 16.0. The van der Waals surface area contributed by atoms with Gasteiger partial charge in [0.25, 0.3) is 5.91 Å². The first-order valence-corrected chi connectivity index (χ1v) is 7.53. The van der Waals surface area contributed by atoms with E-state index in [9.17, 15) is 13.2 Å². The van der Waals surface area contributed by atoms with Crippen LogP contribution in [-0.2, 0) is 10.0 Å². The van der Waals surface area contributed by atoms with Gasteiger partial charge in [-0.1, -0.05) is 0 Å². The van der Waals surface area contributed by atoms with Gasteiger partial charge in [0.15, 0.2) is 0 Å². The van der Waals surface area contributed by atoms with Crippen molar-refractivity contribution in [2.24, 2.45) is 5.14 Å². The van der Waals surface area contributed by atoms with Crippen LogP contribution in [0.3, 0.4) is 0 Å². The fraction of sp³-hybridized carbons (Fsp3) is 0.0769. The first-order chi connectivity index (χ1) is 9.90. The van der Waals surface area contributed by atoms with E-state index in [1.807, 2.05) is 0 Å². The van der Waals surface area contributed by atoms with E-state index in [0.717, 1.165) is 0 Å². The molecule has 7 nitrogen and oxygen atoms in total. The highest BCUT2D eigenvalue weighted by Crippen LogP contribution is 2.14. The number of carbonyl (C=O) groups excluding carboxylic acids is 1. The Balaban J connectivity index is 2.12. The summed E-state index contributed by atoms with van der Waals surface area (Å²) in [5.41, 5.74) is 0.856. The third-order valence-electron chi connectivity index (χ3n) is 2.72. The van der Waals surface area contributed by atoms with Crippen LogP contribution in [0.1, 0.15) is 10.4 Å². The number of aromatic nitrogens is 1. The van der Waals surface area contributed by atoms with Crippen molar-refractivity contribution in [2.75, 3.05) is 17.7 Å². The molecular formula is C13H14N4O3S. The molecule has 0 spiro atoms. The van der Waals surface area contributed by atoms with Crippen molar-refractivity contribution in [3.8, 4) is 0 Å². The number of sulfonamides is 1. The summed E-state index contributed by atoms with van der Waals surface area (Å²) < 4.78 is 22.2. The summed E-state index contributed by atoms with van der Waals surface area (Å²) in [5, 5.41) is 10.5. The molecule has 1 heterocycles. The van der Waals surface area contributed by atoms with Gasteiger partial charge in [-0.25, -0.2) is 18.5 Å². The van der Waals surface area contributed by atoms with Gasteiger partial charge in [-0.15, -0.1) is 0 Å². The summed E-state index contributed by atoms with van der Waals surface area (Å²) in [7, 11) is -2.01. The molecule has 0 radical (unpaired) electrons. The second-order valence-electron chi connectivity index (χ2n) is 4.21. The summed E-state index contributed by atoms with van der Waals surface area (Å²) in [6.07, 6.45) is 1.44. The van der Waals surface area contributed by atoms with E-state index >= 15 is 0 Å². The number of nitrogens with one attached hydrogen (secondary N) is 2. The second-order valence-corrected chi connectivity index (χ2v) is 5.77. The van der Waals surface area contributed by atoms with Gasteiger partial charge in [0, 0.05) is 18.9 Å². The van der Waals surface area contributed by atoms with Crippen molar-refractivity contribution in [1.82, 2.24) is 4.98 Å². The van der Waals surface area contributed by atoms with Gasteiger partial charge >= 0.3 is 0 Å². The van der Waals surface area contributed by atoms with Crippen LogP contribution in [0.25, 0.3) is 0 Å². The molecule has 0 unspecified atom stereocenters. The molecule has 8 heteroatoms. The van der Waals surface area contributed by atoms with Gasteiger partial charge in [0.1, 0.15) is 5.82 Å². The molecule has 2 aromatic rings. The van der Waals surface area contributed by atoms with Crippen LogP contribution in [0.5, 0.6) is 0 Å². The lowest BCUT2D eigenvalue weighted by Gasteiger charge is -2.06. The number of amides is 1. The Kier molecular flexibility index (Phi) is 4.20. The van der Waals surface area contributed by atoms with E-state index in [2.05, 4.69) is 15.6 Å². The third kappa shape index (κ3) is 3.77. The number of benzene rings is 1. The SMILES string of the molecule is CNc1ccc(C(=O)Nc2ccc(S(N)(=O)=O)cc2)cn1. The molecule has 0 atom stereocenters. The van der Waals surface area contributed by atoms with E-state index in [0.29, 0.717) is 17.1 Å². The summed E-state index contributed by atoms with van der Waals surface area (Å²) in [6.45, 7) is 0. The predicted molar refractivity (Wildman–Crippen MR) is 79.6 cm³/mol. The number of pyridine rings is 1. The number of anilines is 2. The fourth-order valence-electron chi connectivity index (χ4n) is 1.61. The molecule has 0 fully saturated rings. The summed E-state index contributed by atoms with van der Waals surface area (Å²) in [5.74, 6) is 0.317. The quantitative estimate of drug-likeness (QED) is 0.780. The minimum absolute atomic E-state index is 0.0134. The molecular weight excluding hydrogens is 292 g/mol. The molecule has 110 valence electrons. The smallest absolute Gasteiger partial charge is 0.257 e. The van der Waals surface area contributed by atoms with E-state index in [1.165, 1.54) is 30.5 Å². The highest BCUT2D eigenvalue weighted by Gasteiger charge is 2.09. The Bertz CT molecular complexity index is 740. The van der Waals surface area contributed by atoms with Gasteiger partial charge in [-0.3, -0.25) is 4.79 Å². The Labute approximate surface area is 122 Å². The zero-order valence-electron chi connectivity index (χ0n) is 11.2. The Morgan fingerprint density at radius 2 is 1.81 bits per heavy atom. The van der Waals surface area contributed by atoms with E-state index in [4.69, 9.17) is 5.14 Å². The Morgan fingerprint density at radius 3 is 2.29 bits per heavy atom. The summed E-state index contributed by atoms with van der Waals surface area (Å²) >= 11 is 0. The maximum Gasteiger partial charge on any atom is 0.257 e. The molecule has 2 rings (SSSR count). The predicted octanol–water partition coefficient (Wildman–Crippen LogP) is 1.02. The van der Waals surface area contributed by atoms with Crippen molar-refractivity contribution >= 4 is 27.4 Å². The normalized spacial score (nSPS) is 11.0. The zero-order chi connectivity index (χ0) is 15.5. The molecule has 0 saturated heterocycles. The Hall–Kier alpha value is -2.45. The zero-order valence-corrected chi connectivity index (χ0v) is 12.0. The van der Waals surface area contributed by atoms with Crippen LogP contribution in [-0.4, -0.2) is 26.4 Å². The van der Waals surface area contributed by atoms with Crippen molar-refractivity contribution in [3.63, 3.8) is 0 Å². The topological polar surface area (TPSA) is 114 Å². The molecule has 0 aliphatic rings. The fourth-order valence-corrected chi connectivity index (χ4v) is 2.12. The minimum Gasteiger partial charge on any atom is -0.373 e. The van der Waals surface area contributed by atoms with Crippen LogP contribution in [0.4, 0.5) is 11.5 Å². The maximum absolute atomic E-state index is 12.0. The van der Waals surface area contributed by atoms with Crippen molar-refractivity contribution < 1.29 is 13.2 Å². The van der Waals surface area contributed by atoms with Crippen molar-refractivity contribution in [3.05, 3.63) is 48.2 Å². The van der Waals surface area contributed by atoms with E-state index in [-0.39, 0.29) is 10.8 Å². The largest absolute Gasteiger partial charge is 0.373 e. The van der Waals surface area contributed by atoms with Crippen molar-refractivity contribution in [2.45, 2.75) is 4.90 Å². The number of primary sulfonamides is 1. The number of hydrogen-bond acceptors (Lipinski definition) is 5. The Morgan fingerprint density at radius 1 is 1.14 bits per heavy atom. The van der Waals surface area contributed by atoms with Crippen LogP contribution in [0.2, 0.25) is 0 Å². The molecule has 1 aromatic heterocycles. The lowest BCUT2D eigenvalue weighted by molar-refractivity contribution is 0.102. The van der Waals surface area contributed by atoms with Crippen LogP contribution >= 0.6 is 0 Å². The second kappa shape index (κ2) is 5.90. The molecule has 1 aromatic carbocycles. The molecule has 0 aliphatic heterocycles. The molecule has 1 amide bonds. The number of rotatable bonds is 4. The monoisotopic (exact) mass is 306 g/mol. The average Bonchev–Trinajstić information content (AvgIpc) is 2.47. The van der Waals surface area contributed by atoms with Gasteiger partial charge in [0.2, 0.25) is 10.0 Å². The average molecular weight is 306 g/mol. The molecule has 0 bridgehead atoms. The molecule has 0 saturated carbocycles. The standard InChI is InChI=1S/C13H14N4O3S/c1-15-12-7-2-9(8-16-12)13(18)17-10-3-5-11(6-4-10)21(14,19)20/h2-8H,1H3,(H,15,16)(H,17,18)(H2,14,19,20). The van der Waals surface area contributed by atoms with E-state index in [1.54, 1.807) is 19.2 Å².